The SMILES string of the molecule is CCOc1ccc(C(C)NS(=O)(=O)c2ccc3c(c2)sc(=O)n3C(C)C)cc1OCC. The van der Waals surface area contributed by atoms with Gasteiger partial charge in [0.1, 0.15) is 0 Å². The quantitative estimate of drug-likeness (QED) is 0.505. The number of nitrogens with zero attached hydrogens (tertiary/aromatic N) is 1. The summed E-state index contributed by atoms with van der Waals surface area (Å²) in [6.45, 7) is 10.4. The first kappa shape index (κ1) is 23.3. The van der Waals surface area contributed by atoms with E-state index in [2.05, 4.69) is 4.72 Å². The Hall–Kier alpha value is -2.36. The van der Waals surface area contributed by atoms with E-state index < -0.39 is 16.1 Å². The molecule has 168 valence electrons. The van der Waals surface area contributed by atoms with Gasteiger partial charge in [0, 0.05) is 12.1 Å². The third-order valence-electron chi connectivity index (χ3n) is 4.81. The van der Waals surface area contributed by atoms with Crippen molar-refractivity contribution in [2.45, 2.75) is 51.6 Å². The van der Waals surface area contributed by atoms with Gasteiger partial charge in [0.25, 0.3) is 0 Å². The Morgan fingerprint density at radius 2 is 1.68 bits per heavy atom. The van der Waals surface area contributed by atoms with Gasteiger partial charge < -0.3 is 9.47 Å². The van der Waals surface area contributed by atoms with Crippen molar-refractivity contribution in [1.82, 2.24) is 9.29 Å². The molecule has 1 N–H and O–H groups in total. The van der Waals surface area contributed by atoms with Gasteiger partial charge >= 0.3 is 4.87 Å². The average molecular weight is 465 g/mol. The predicted octanol–water partition coefficient (Wildman–Crippen LogP) is 4.48. The highest BCUT2D eigenvalue weighted by molar-refractivity contribution is 7.89. The van der Waals surface area contributed by atoms with E-state index in [0.717, 1.165) is 22.4 Å². The van der Waals surface area contributed by atoms with Crippen molar-refractivity contribution in [3.63, 3.8) is 0 Å². The Balaban J connectivity index is 1.89. The van der Waals surface area contributed by atoms with Crippen LogP contribution in [0.3, 0.4) is 0 Å². The fourth-order valence-corrected chi connectivity index (χ4v) is 5.76. The van der Waals surface area contributed by atoms with E-state index in [1.54, 1.807) is 35.8 Å². The molecule has 7 nitrogen and oxygen atoms in total. The van der Waals surface area contributed by atoms with Crippen molar-refractivity contribution in [1.29, 1.82) is 0 Å². The maximum absolute atomic E-state index is 13.0. The van der Waals surface area contributed by atoms with Crippen molar-refractivity contribution in [2.75, 3.05) is 13.2 Å². The molecule has 0 bridgehead atoms. The number of hydrogen-bond acceptors (Lipinski definition) is 6. The van der Waals surface area contributed by atoms with Crippen LogP contribution in [-0.4, -0.2) is 26.2 Å². The first-order valence-electron chi connectivity index (χ1n) is 10.2. The predicted molar refractivity (Wildman–Crippen MR) is 124 cm³/mol. The molecule has 0 aliphatic heterocycles. The molecule has 1 heterocycles. The summed E-state index contributed by atoms with van der Waals surface area (Å²) in [4.78, 5) is 12.3. The summed E-state index contributed by atoms with van der Waals surface area (Å²) in [5.41, 5.74) is 1.50. The van der Waals surface area contributed by atoms with Crippen LogP contribution < -0.4 is 19.1 Å². The van der Waals surface area contributed by atoms with E-state index in [-0.39, 0.29) is 15.8 Å². The lowest BCUT2D eigenvalue weighted by atomic mass is 10.1. The second kappa shape index (κ2) is 9.42. The summed E-state index contributed by atoms with van der Waals surface area (Å²) in [6, 6.07) is 9.68. The van der Waals surface area contributed by atoms with Gasteiger partial charge in [-0.3, -0.25) is 9.36 Å². The van der Waals surface area contributed by atoms with Crippen molar-refractivity contribution in [3.05, 3.63) is 51.6 Å². The van der Waals surface area contributed by atoms with E-state index in [1.165, 1.54) is 6.07 Å². The molecule has 0 aliphatic rings. The van der Waals surface area contributed by atoms with Crippen LogP contribution in [0.5, 0.6) is 11.5 Å². The number of hydrogen-bond donors (Lipinski definition) is 1. The number of benzene rings is 2. The number of thiazole rings is 1. The highest BCUT2D eigenvalue weighted by atomic mass is 32.2. The molecular weight excluding hydrogens is 436 g/mol. The molecule has 0 spiro atoms. The number of nitrogens with one attached hydrogen (secondary N) is 1. The van der Waals surface area contributed by atoms with Crippen LogP contribution in [0.4, 0.5) is 0 Å². The third-order valence-corrected chi connectivity index (χ3v) is 7.27. The Morgan fingerprint density at radius 1 is 1.00 bits per heavy atom. The highest BCUT2D eigenvalue weighted by Gasteiger charge is 2.21. The monoisotopic (exact) mass is 464 g/mol. The second-order valence-electron chi connectivity index (χ2n) is 7.38. The summed E-state index contributed by atoms with van der Waals surface area (Å²) < 4.78 is 42.3. The molecular formula is C22H28N2O5S2. The molecule has 0 amide bonds. The molecule has 0 aliphatic carbocycles. The Kier molecular flexibility index (Phi) is 7.08. The molecule has 3 rings (SSSR count). The summed E-state index contributed by atoms with van der Waals surface area (Å²) in [5, 5.41) is 0. The Morgan fingerprint density at radius 3 is 2.32 bits per heavy atom. The van der Waals surface area contributed by atoms with Gasteiger partial charge in [-0.25, -0.2) is 13.1 Å². The number of ether oxygens (including phenoxy) is 2. The minimum Gasteiger partial charge on any atom is -0.490 e. The van der Waals surface area contributed by atoms with Crippen molar-refractivity contribution < 1.29 is 17.9 Å². The highest BCUT2D eigenvalue weighted by Crippen LogP contribution is 2.31. The lowest BCUT2D eigenvalue weighted by molar-refractivity contribution is 0.287. The van der Waals surface area contributed by atoms with E-state index in [9.17, 15) is 13.2 Å². The fourth-order valence-electron chi connectivity index (χ4n) is 3.38. The maximum Gasteiger partial charge on any atom is 0.308 e. The first-order chi connectivity index (χ1) is 14.7. The normalized spacial score (nSPS) is 13.0. The molecule has 0 saturated heterocycles. The number of aromatic nitrogens is 1. The molecule has 2 aromatic carbocycles. The van der Waals surface area contributed by atoms with Crippen LogP contribution in [0.1, 0.15) is 52.3 Å². The zero-order valence-electron chi connectivity index (χ0n) is 18.3. The van der Waals surface area contributed by atoms with E-state index in [4.69, 9.17) is 9.47 Å². The van der Waals surface area contributed by atoms with Crippen molar-refractivity contribution in [2.24, 2.45) is 0 Å². The zero-order chi connectivity index (χ0) is 22.8. The van der Waals surface area contributed by atoms with Gasteiger partial charge in [-0.1, -0.05) is 17.4 Å². The van der Waals surface area contributed by atoms with Crippen LogP contribution in [0.15, 0.2) is 46.1 Å². The van der Waals surface area contributed by atoms with Crippen molar-refractivity contribution in [3.8, 4) is 11.5 Å². The average Bonchev–Trinajstić information content (AvgIpc) is 3.04. The van der Waals surface area contributed by atoms with E-state index >= 15 is 0 Å². The molecule has 1 unspecified atom stereocenters. The summed E-state index contributed by atoms with van der Waals surface area (Å²) in [7, 11) is -3.80. The topological polar surface area (TPSA) is 86.6 Å². The molecule has 9 heteroatoms. The summed E-state index contributed by atoms with van der Waals surface area (Å²) in [6.07, 6.45) is 0. The number of fused-ring (bicyclic) bond motifs is 1. The summed E-state index contributed by atoms with van der Waals surface area (Å²) >= 11 is 1.05. The number of rotatable bonds is 9. The second-order valence-corrected chi connectivity index (χ2v) is 10.1. The molecule has 1 aromatic heterocycles. The smallest absolute Gasteiger partial charge is 0.308 e. The Bertz CT molecular complexity index is 1230. The van der Waals surface area contributed by atoms with Gasteiger partial charge in [-0.05, 0) is 70.5 Å². The minimum atomic E-state index is -3.80. The molecule has 0 radical (unpaired) electrons. The van der Waals surface area contributed by atoms with Crippen LogP contribution in [-0.2, 0) is 10.0 Å². The minimum absolute atomic E-state index is 0.000972. The number of sulfonamides is 1. The van der Waals surface area contributed by atoms with Gasteiger partial charge in [0.05, 0.1) is 28.3 Å². The van der Waals surface area contributed by atoms with Crippen LogP contribution in [0.2, 0.25) is 0 Å². The largest absolute Gasteiger partial charge is 0.490 e. The molecule has 0 fully saturated rings. The summed E-state index contributed by atoms with van der Waals surface area (Å²) in [5.74, 6) is 1.20. The molecule has 31 heavy (non-hydrogen) atoms. The van der Waals surface area contributed by atoms with Gasteiger partial charge in [0.2, 0.25) is 10.0 Å². The van der Waals surface area contributed by atoms with Crippen LogP contribution in [0.25, 0.3) is 10.2 Å². The lowest BCUT2D eigenvalue weighted by Crippen LogP contribution is -2.27. The maximum atomic E-state index is 13.0. The zero-order valence-corrected chi connectivity index (χ0v) is 20.0. The molecule has 3 aromatic rings. The molecule has 1 atom stereocenters. The first-order valence-corrected chi connectivity index (χ1v) is 12.5. The van der Waals surface area contributed by atoms with Gasteiger partial charge in [0.15, 0.2) is 11.5 Å². The van der Waals surface area contributed by atoms with Crippen molar-refractivity contribution >= 4 is 31.6 Å². The van der Waals surface area contributed by atoms with Crippen LogP contribution >= 0.6 is 11.3 Å². The third kappa shape index (κ3) is 4.94. The van der Waals surface area contributed by atoms with Crippen LogP contribution in [0, 0.1) is 0 Å². The lowest BCUT2D eigenvalue weighted by Gasteiger charge is -2.18. The molecule has 0 saturated carbocycles. The standard InChI is InChI=1S/C22H28N2O5S2/c1-6-28-19-11-8-16(12-20(19)29-7-2)15(5)23-31(26,27)17-9-10-18-21(13-17)30-22(25)24(18)14(3)4/h8-15,23H,6-7H2,1-5H3. The fraction of sp³-hybridized carbons (Fsp3) is 0.409. The van der Waals surface area contributed by atoms with Gasteiger partial charge in [-0.2, -0.15) is 0 Å². The Labute approximate surface area is 186 Å². The van der Waals surface area contributed by atoms with E-state index in [1.807, 2.05) is 33.8 Å². The van der Waals surface area contributed by atoms with E-state index in [0.29, 0.717) is 29.4 Å². The van der Waals surface area contributed by atoms with Gasteiger partial charge in [-0.15, -0.1) is 0 Å².